The van der Waals surface area contributed by atoms with E-state index in [1.54, 1.807) is 30.8 Å². The summed E-state index contributed by atoms with van der Waals surface area (Å²) in [6.07, 6.45) is 0.966. The molecule has 1 fully saturated rings. The average Bonchev–Trinajstić information content (AvgIpc) is 3.30. The van der Waals surface area contributed by atoms with E-state index in [2.05, 4.69) is 4.98 Å². The predicted molar refractivity (Wildman–Crippen MR) is 92.5 cm³/mol. The average molecular weight is 347 g/mol. The Labute approximate surface area is 145 Å². The van der Waals surface area contributed by atoms with Crippen molar-refractivity contribution in [2.24, 2.45) is 11.7 Å². The molecule has 6 nitrogen and oxygen atoms in total. The van der Waals surface area contributed by atoms with Crippen molar-refractivity contribution in [2.45, 2.75) is 13.0 Å². The third-order valence-electron chi connectivity index (χ3n) is 4.18. The molecule has 3 rings (SSSR count). The fourth-order valence-electron chi connectivity index (χ4n) is 2.77. The summed E-state index contributed by atoms with van der Waals surface area (Å²) in [4.78, 5) is 18.6. The van der Waals surface area contributed by atoms with Gasteiger partial charge in [-0.3, -0.25) is 4.79 Å². The van der Waals surface area contributed by atoms with E-state index < -0.39 is 0 Å². The van der Waals surface area contributed by atoms with Crippen molar-refractivity contribution >= 4 is 17.2 Å². The first kappa shape index (κ1) is 16.7. The van der Waals surface area contributed by atoms with Crippen molar-refractivity contribution < 1.29 is 14.3 Å². The van der Waals surface area contributed by atoms with Gasteiger partial charge in [0.05, 0.1) is 18.3 Å². The number of methoxy groups -OCH3 is 1. The maximum Gasteiger partial charge on any atom is 0.254 e. The van der Waals surface area contributed by atoms with Crippen LogP contribution in [0.1, 0.15) is 22.5 Å². The van der Waals surface area contributed by atoms with E-state index in [1.807, 2.05) is 10.3 Å². The van der Waals surface area contributed by atoms with Gasteiger partial charge >= 0.3 is 0 Å². The van der Waals surface area contributed by atoms with Gasteiger partial charge in [0.15, 0.2) is 11.5 Å². The molecule has 0 radical (unpaired) electrons. The summed E-state index contributed by atoms with van der Waals surface area (Å²) in [6, 6.07) is 5.28. The lowest BCUT2D eigenvalue weighted by atomic mass is 10.1. The number of rotatable bonds is 6. The number of ether oxygens (including phenoxy) is 2. The number of hydrogen-bond acceptors (Lipinski definition) is 6. The van der Waals surface area contributed by atoms with Gasteiger partial charge < -0.3 is 20.1 Å². The van der Waals surface area contributed by atoms with E-state index in [4.69, 9.17) is 15.2 Å². The topological polar surface area (TPSA) is 77.7 Å². The molecule has 2 aromatic rings. The molecule has 1 aromatic heterocycles. The van der Waals surface area contributed by atoms with Crippen LogP contribution in [0.3, 0.4) is 0 Å². The maximum absolute atomic E-state index is 12.6. The quantitative estimate of drug-likeness (QED) is 0.866. The Balaban J connectivity index is 1.70. The fraction of sp³-hybridized carbons (Fsp3) is 0.412. The summed E-state index contributed by atoms with van der Waals surface area (Å²) in [6.45, 7) is 2.47. The van der Waals surface area contributed by atoms with Gasteiger partial charge in [0, 0.05) is 24.0 Å². The number of nitrogens with zero attached hydrogens (tertiary/aromatic N) is 2. The number of benzene rings is 1. The molecule has 1 aliphatic rings. The molecule has 128 valence electrons. The van der Waals surface area contributed by atoms with Crippen molar-refractivity contribution in [1.82, 2.24) is 9.88 Å². The van der Waals surface area contributed by atoms with Crippen LogP contribution >= 0.6 is 11.3 Å². The summed E-state index contributed by atoms with van der Waals surface area (Å²) in [7, 11) is 1.57. The minimum absolute atomic E-state index is 0.00954. The number of nitrogens with two attached hydrogens (primary N) is 1. The summed E-state index contributed by atoms with van der Waals surface area (Å²) >= 11 is 1.53. The van der Waals surface area contributed by atoms with Crippen molar-refractivity contribution in [2.75, 3.05) is 26.7 Å². The molecule has 7 heteroatoms. The minimum Gasteiger partial charge on any atom is -0.493 e. The van der Waals surface area contributed by atoms with Crippen molar-refractivity contribution in [1.29, 1.82) is 0 Å². The SMILES string of the molecule is COc1cc(C(=O)N2CCC(CN)C2)ccc1OCc1cscn1. The second-order valence-corrected chi connectivity index (χ2v) is 6.49. The van der Waals surface area contributed by atoms with Gasteiger partial charge in [-0.1, -0.05) is 0 Å². The molecule has 2 heterocycles. The summed E-state index contributed by atoms with van der Waals surface area (Å²) < 4.78 is 11.1. The molecule has 1 aromatic carbocycles. The highest BCUT2D eigenvalue weighted by Crippen LogP contribution is 2.30. The van der Waals surface area contributed by atoms with Crippen LogP contribution in [0.5, 0.6) is 11.5 Å². The van der Waals surface area contributed by atoms with Crippen molar-refractivity contribution in [3.63, 3.8) is 0 Å². The lowest BCUT2D eigenvalue weighted by Crippen LogP contribution is -2.29. The number of carbonyl (C=O) groups excluding carboxylic acids is 1. The Hall–Kier alpha value is -2.12. The number of thiazole rings is 1. The molecule has 0 saturated carbocycles. The Morgan fingerprint density at radius 3 is 3.00 bits per heavy atom. The van der Waals surface area contributed by atoms with Gasteiger partial charge in [-0.2, -0.15) is 0 Å². The van der Waals surface area contributed by atoms with Crippen LogP contribution in [0.15, 0.2) is 29.1 Å². The zero-order valence-corrected chi connectivity index (χ0v) is 14.4. The molecule has 1 atom stereocenters. The Bertz CT molecular complexity index is 690. The van der Waals surface area contributed by atoms with Gasteiger partial charge in [0.25, 0.3) is 5.91 Å². The summed E-state index contributed by atoms with van der Waals surface area (Å²) in [5.74, 6) is 1.56. The zero-order chi connectivity index (χ0) is 16.9. The van der Waals surface area contributed by atoms with Crippen LogP contribution in [-0.2, 0) is 6.61 Å². The number of aromatic nitrogens is 1. The van der Waals surface area contributed by atoms with Gasteiger partial charge in [0.1, 0.15) is 6.61 Å². The molecular weight excluding hydrogens is 326 g/mol. The monoisotopic (exact) mass is 347 g/mol. The largest absolute Gasteiger partial charge is 0.493 e. The van der Waals surface area contributed by atoms with Crippen molar-refractivity contribution in [3.8, 4) is 11.5 Å². The van der Waals surface area contributed by atoms with Gasteiger partial charge in [0.2, 0.25) is 0 Å². The van der Waals surface area contributed by atoms with E-state index in [9.17, 15) is 4.79 Å². The van der Waals surface area contributed by atoms with E-state index in [0.717, 1.165) is 25.2 Å². The third-order valence-corrected chi connectivity index (χ3v) is 4.81. The zero-order valence-electron chi connectivity index (χ0n) is 13.6. The molecule has 1 unspecified atom stereocenters. The first-order valence-corrected chi connectivity index (χ1v) is 8.82. The Morgan fingerprint density at radius 2 is 2.33 bits per heavy atom. The molecular formula is C17H21N3O3S. The summed E-state index contributed by atoms with van der Waals surface area (Å²) in [5.41, 5.74) is 8.93. The van der Waals surface area contributed by atoms with E-state index in [1.165, 1.54) is 11.3 Å². The number of carbonyl (C=O) groups is 1. The normalized spacial score (nSPS) is 17.1. The molecule has 0 aliphatic carbocycles. The molecule has 1 saturated heterocycles. The first-order chi connectivity index (χ1) is 11.7. The third kappa shape index (κ3) is 3.68. The molecule has 2 N–H and O–H groups in total. The van der Waals surface area contributed by atoms with Gasteiger partial charge in [-0.25, -0.2) is 4.98 Å². The van der Waals surface area contributed by atoms with Crippen LogP contribution in [0.4, 0.5) is 0 Å². The fourth-order valence-corrected chi connectivity index (χ4v) is 3.32. The van der Waals surface area contributed by atoms with Crippen LogP contribution in [-0.4, -0.2) is 42.5 Å². The summed E-state index contributed by atoms with van der Waals surface area (Å²) in [5, 5.41) is 1.94. The standard InChI is InChI=1S/C17H21N3O3S/c1-22-16-6-13(17(21)20-5-4-12(7-18)8-20)2-3-15(16)23-9-14-10-24-11-19-14/h2-3,6,10-12H,4-5,7-9,18H2,1H3. The van der Waals surface area contributed by atoms with Crippen LogP contribution in [0.2, 0.25) is 0 Å². The second-order valence-electron chi connectivity index (χ2n) is 5.78. The highest BCUT2D eigenvalue weighted by atomic mass is 32.1. The highest BCUT2D eigenvalue weighted by molar-refractivity contribution is 7.07. The second kappa shape index (κ2) is 7.63. The lowest BCUT2D eigenvalue weighted by Gasteiger charge is -2.17. The molecule has 0 bridgehead atoms. The van der Waals surface area contributed by atoms with E-state index in [0.29, 0.717) is 36.1 Å². The van der Waals surface area contributed by atoms with Crippen LogP contribution < -0.4 is 15.2 Å². The lowest BCUT2D eigenvalue weighted by molar-refractivity contribution is 0.0787. The molecule has 1 aliphatic heterocycles. The van der Waals surface area contributed by atoms with Crippen molar-refractivity contribution in [3.05, 3.63) is 40.3 Å². The van der Waals surface area contributed by atoms with Gasteiger partial charge in [-0.15, -0.1) is 11.3 Å². The smallest absolute Gasteiger partial charge is 0.254 e. The minimum atomic E-state index is 0.00954. The van der Waals surface area contributed by atoms with Crippen LogP contribution in [0, 0.1) is 5.92 Å². The Kier molecular flexibility index (Phi) is 5.32. The Morgan fingerprint density at radius 1 is 1.46 bits per heavy atom. The highest BCUT2D eigenvalue weighted by Gasteiger charge is 2.26. The van der Waals surface area contributed by atoms with E-state index in [-0.39, 0.29) is 5.91 Å². The molecule has 1 amide bonds. The molecule has 0 spiro atoms. The van der Waals surface area contributed by atoms with E-state index >= 15 is 0 Å². The first-order valence-electron chi connectivity index (χ1n) is 7.88. The maximum atomic E-state index is 12.6. The van der Waals surface area contributed by atoms with Crippen LogP contribution in [0.25, 0.3) is 0 Å². The number of hydrogen-bond donors (Lipinski definition) is 1. The molecule has 24 heavy (non-hydrogen) atoms. The van der Waals surface area contributed by atoms with Gasteiger partial charge in [-0.05, 0) is 37.1 Å². The number of amides is 1. The predicted octanol–water partition coefficient (Wildman–Crippen LogP) is 2.15. The number of likely N-dealkylation sites (tertiary alicyclic amines) is 1.